The fourth-order valence-corrected chi connectivity index (χ4v) is 2.33. The quantitative estimate of drug-likeness (QED) is 0.491. The Morgan fingerprint density at radius 1 is 1.04 bits per heavy atom. The van der Waals surface area contributed by atoms with Gasteiger partial charge in [-0.1, -0.05) is 35.3 Å². The lowest BCUT2D eigenvalue weighted by Crippen LogP contribution is -2.18. The molecule has 0 unspecified atom stereocenters. The van der Waals surface area contributed by atoms with Gasteiger partial charge >= 0.3 is 0 Å². The zero-order chi connectivity index (χ0) is 18.9. The number of rotatable bonds is 7. The summed E-state index contributed by atoms with van der Waals surface area (Å²) in [6, 6.07) is 11.4. The van der Waals surface area contributed by atoms with Crippen LogP contribution >= 0.6 is 23.2 Å². The third kappa shape index (κ3) is 6.38. The minimum atomic E-state index is -0.320. The second-order valence-electron chi connectivity index (χ2n) is 5.38. The molecule has 26 heavy (non-hydrogen) atoms. The number of anilines is 1. The molecule has 2 amide bonds. The maximum Gasteiger partial charge on any atom is 0.240 e. The van der Waals surface area contributed by atoms with E-state index in [0.29, 0.717) is 27.7 Å². The third-order valence-electron chi connectivity index (χ3n) is 3.34. The van der Waals surface area contributed by atoms with Crippen LogP contribution in [0.5, 0.6) is 5.75 Å². The van der Waals surface area contributed by atoms with E-state index in [0.717, 1.165) is 0 Å². The fourth-order valence-electron chi connectivity index (χ4n) is 2.03. The van der Waals surface area contributed by atoms with Crippen molar-refractivity contribution < 1.29 is 14.7 Å². The molecule has 2 aromatic rings. The number of aromatic hydroxyl groups is 1. The maximum atomic E-state index is 11.9. The predicted octanol–water partition coefficient (Wildman–Crippen LogP) is 3.96. The lowest BCUT2D eigenvalue weighted by molar-refractivity contribution is -0.121. The second kappa shape index (κ2) is 9.79. The summed E-state index contributed by atoms with van der Waals surface area (Å²) in [5.74, 6) is -0.475. The summed E-state index contributed by atoms with van der Waals surface area (Å²) in [4.78, 5) is 23.5. The number of carbonyl (C=O) groups excluding carboxylic acids is 2. The van der Waals surface area contributed by atoms with Gasteiger partial charge in [-0.05, 0) is 36.8 Å². The normalized spacial score (nSPS) is 10.7. The molecule has 2 aromatic carbocycles. The molecule has 0 heterocycles. The molecule has 3 N–H and O–H groups in total. The molecular formula is C18H17Cl2N3O3. The largest absolute Gasteiger partial charge is 0.507 e. The zero-order valence-electron chi connectivity index (χ0n) is 13.7. The van der Waals surface area contributed by atoms with Gasteiger partial charge in [-0.25, -0.2) is 5.43 Å². The van der Waals surface area contributed by atoms with Gasteiger partial charge in [0.05, 0.1) is 16.3 Å². The first kappa shape index (κ1) is 19.8. The number of amides is 2. The number of hydrogen-bond donors (Lipinski definition) is 3. The van der Waals surface area contributed by atoms with E-state index in [-0.39, 0.29) is 30.4 Å². The lowest BCUT2D eigenvalue weighted by atomic mass is 10.2. The molecule has 136 valence electrons. The molecule has 0 aromatic heterocycles. The first-order chi connectivity index (χ1) is 12.5. The van der Waals surface area contributed by atoms with Gasteiger partial charge in [-0.15, -0.1) is 0 Å². The standard InChI is InChI=1S/C18H17Cl2N3O3/c19-14-9-8-13(10-15(14)20)22-17(25)6-3-7-18(26)23-21-11-12-4-1-2-5-16(12)24/h1-2,4-5,8-11,24H,3,6-7H2,(H,22,25)(H,23,26)/b21-11-. The van der Waals surface area contributed by atoms with Gasteiger partial charge < -0.3 is 10.4 Å². The number of nitrogens with one attached hydrogen (secondary N) is 2. The van der Waals surface area contributed by atoms with Crippen molar-refractivity contribution in [2.75, 3.05) is 5.32 Å². The highest BCUT2D eigenvalue weighted by Gasteiger charge is 2.07. The van der Waals surface area contributed by atoms with Crippen LogP contribution in [0, 0.1) is 0 Å². The SMILES string of the molecule is O=C(CCCC(=O)Nc1ccc(Cl)c(Cl)c1)N/N=C\c1ccccc1O. The maximum absolute atomic E-state index is 11.9. The highest BCUT2D eigenvalue weighted by Crippen LogP contribution is 2.25. The minimum Gasteiger partial charge on any atom is -0.507 e. The highest BCUT2D eigenvalue weighted by molar-refractivity contribution is 6.42. The number of para-hydroxylation sites is 1. The lowest BCUT2D eigenvalue weighted by Gasteiger charge is -2.06. The Balaban J connectivity index is 1.70. The van der Waals surface area contributed by atoms with E-state index in [9.17, 15) is 14.7 Å². The fraction of sp³-hybridized carbons (Fsp3) is 0.167. The van der Waals surface area contributed by atoms with Crippen LogP contribution in [0.15, 0.2) is 47.6 Å². The minimum absolute atomic E-state index is 0.0736. The van der Waals surface area contributed by atoms with Crippen LogP contribution in [0.1, 0.15) is 24.8 Å². The summed E-state index contributed by atoms with van der Waals surface area (Å²) < 4.78 is 0. The van der Waals surface area contributed by atoms with Gasteiger partial charge in [0.15, 0.2) is 0 Å². The van der Waals surface area contributed by atoms with E-state index in [4.69, 9.17) is 23.2 Å². The molecule has 0 spiro atoms. The molecule has 0 radical (unpaired) electrons. The van der Waals surface area contributed by atoms with Crippen molar-refractivity contribution >= 4 is 46.9 Å². The summed E-state index contributed by atoms with van der Waals surface area (Å²) in [6.07, 6.45) is 2.04. The number of nitrogens with zero attached hydrogens (tertiary/aromatic N) is 1. The monoisotopic (exact) mass is 393 g/mol. The smallest absolute Gasteiger partial charge is 0.240 e. The van der Waals surface area contributed by atoms with Gasteiger partial charge in [-0.2, -0.15) is 5.10 Å². The van der Waals surface area contributed by atoms with Gasteiger partial charge in [0.2, 0.25) is 11.8 Å². The van der Waals surface area contributed by atoms with Crippen LogP contribution in [-0.4, -0.2) is 23.1 Å². The van der Waals surface area contributed by atoms with Crippen molar-refractivity contribution in [3.63, 3.8) is 0 Å². The van der Waals surface area contributed by atoms with Crippen LogP contribution in [0.4, 0.5) is 5.69 Å². The summed E-state index contributed by atoms with van der Waals surface area (Å²) >= 11 is 11.7. The summed E-state index contributed by atoms with van der Waals surface area (Å²) in [6.45, 7) is 0. The molecule has 0 saturated carbocycles. The molecule has 0 bridgehead atoms. The van der Waals surface area contributed by atoms with Crippen molar-refractivity contribution in [1.82, 2.24) is 5.43 Å². The molecule has 6 nitrogen and oxygen atoms in total. The number of carbonyl (C=O) groups is 2. The summed E-state index contributed by atoms with van der Waals surface area (Å²) in [7, 11) is 0. The number of benzene rings is 2. The Morgan fingerprint density at radius 3 is 2.50 bits per heavy atom. The molecule has 0 aliphatic rings. The molecule has 0 saturated heterocycles. The summed E-state index contributed by atoms with van der Waals surface area (Å²) in [5, 5.41) is 16.8. The topological polar surface area (TPSA) is 90.8 Å². The van der Waals surface area contributed by atoms with Crippen molar-refractivity contribution in [3.8, 4) is 5.75 Å². The molecule has 2 rings (SSSR count). The van der Waals surface area contributed by atoms with E-state index < -0.39 is 0 Å². The first-order valence-electron chi connectivity index (χ1n) is 7.80. The molecule has 8 heteroatoms. The Hall–Kier alpha value is -2.57. The molecule has 0 atom stereocenters. The van der Waals surface area contributed by atoms with Gasteiger partial charge in [-0.3, -0.25) is 9.59 Å². The third-order valence-corrected chi connectivity index (χ3v) is 4.08. The number of phenolic OH excluding ortho intramolecular Hbond substituents is 1. The Labute approximate surface area is 160 Å². The number of hydrogen-bond acceptors (Lipinski definition) is 4. The van der Waals surface area contributed by atoms with E-state index in [1.807, 2.05) is 0 Å². The molecule has 0 aliphatic carbocycles. The Kier molecular flexibility index (Phi) is 7.44. The van der Waals surface area contributed by atoms with E-state index in [1.54, 1.807) is 36.4 Å². The predicted molar refractivity (Wildman–Crippen MR) is 103 cm³/mol. The Morgan fingerprint density at radius 2 is 1.77 bits per heavy atom. The van der Waals surface area contributed by atoms with Gasteiger partial charge in [0.1, 0.15) is 5.75 Å². The molecule has 0 aliphatic heterocycles. The number of phenols is 1. The Bertz CT molecular complexity index is 825. The van der Waals surface area contributed by atoms with Gasteiger partial charge in [0.25, 0.3) is 0 Å². The summed E-state index contributed by atoms with van der Waals surface area (Å²) in [5.41, 5.74) is 3.39. The van der Waals surface area contributed by atoms with Crippen LogP contribution in [-0.2, 0) is 9.59 Å². The van der Waals surface area contributed by atoms with Crippen LogP contribution < -0.4 is 10.7 Å². The number of halogens is 2. The van der Waals surface area contributed by atoms with Crippen molar-refractivity contribution in [1.29, 1.82) is 0 Å². The van der Waals surface area contributed by atoms with Crippen molar-refractivity contribution in [2.45, 2.75) is 19.3 Å². The average Bonchev–Trinajstić information content (AvgIpc) is 2.60. The number of hydrazone groups is 1. The van der Waals surface area contributed by atoms with Crippen LogP contribution in [0.3, 0.4) is 0 Å². The zero-order valence-corrected chi connectivity index (χ0v) is 15.2. The van der Waals surface area contributed by atoms with Crippen LogP contribution in [0.25, 0.3) is 0 Å². The van der Waals surface area contributed by atoms with Gasteiger partial charge in [0, 0.05) is 24.1 Å². The van der Waals surface area contributed by atoms with Crippen molar-refractivity contribution in [2.24, 2.45) is 5.10 Å². The van der Waals surface area contributed by atoms with Crippen molar-refractivity contribution in [3.05, 3.63) is 58.1 Å². The van der Waals surface area contributed by atoms with E-state index >= 15 is 0 Å². The second-order valence-corrected chi connectivity index (χ2v) is 6.20. The first-order valence-corrected chi connectivity index (χ1v) is 8.56. The van der Waals surface area contributed by atoms with E-state index in [1.165, 1.54) is 12.3 Å². The molecule has 0 fully saturated rings. The molecular weight excluding hydrogens is 377 g/mol. The highest BCUT2D eigenvalue weighted by atomic mass is 35.5. The average molecular weight is 394 g/mol. The van der Waals surface area contributed by atoms with Crippen LogP contribution in [0.2, 0.25) is 10.0 Å². The van der Waals surface area contributed by atoms with E-state index in [2.05, 4.69) is 15.8 Å².